The summed E-state index contributed by atoms with van der Waals surface area (Å²) in [4.78, 5) is 0. The third-order valence-corrected chi connectivity index (χ3v) is 3.52. The Morgan fingerprint density at radius 1 is 1.13 bits per heavy atom. The maximum atomic E-state index is 3.69. The molecular formula is C14H21N. The van der Waals surface area contributed by atoms with Gasteiger partial charge in [0.15, 0.2) is 0 Å². The van der Waals surface area contributed by atoms with Gasteiger partial charge < -0.3 is 5.32 Å². The van der Waals surface area contributed by atoms with Crippen LogP contribution in [0.2, 0.25) is 0 Å². The second-order valence-electron chi connectivity index (χ2n) is 4.73. The van der Waals surface area contributed by atoms with Crippen LogP contribution < -0.4 is 5.32 Å². The van der Waals surface area contributed by atoms with E-state index in [1.807, 2.05) is 0 Å². The number of nitrogens with one attached hydrogen (secondary N) is 1. The molecule has 0 aliphatic heterocycles. The molecule has 1 nitrogen and oxygen atoms in total. The number of hydrogen-bond donors (Lipinski definition) is 1. The molecule has 0 radical (unpaired) electrons. The van der Waals surface area contributed by atoms with Gasteiger partial charge in [0.2, 0.25) is 0 Å². The molecule has 0 unspecified atom stereocenters. The fourth-order valence-electron chi connectivity index (χ4n) is 2.46. The highest BCUT2D eigenvalue weighted by molar-refractivity contribution is 5.14. The minimum atomic E-state index is 0.735. The highest BCUT2D eigenvalue weighted by atomic mass is 14.9. The molecule has 1 N–H and O–H groups in total. The van der Waals surface area contributed by atoms with Crippen LogP contribution in [0.15, 0.2) is 30.3 Å². The lowest BCUT2D eigenvalue weighted by Gasteiger charge is -2.29. The molecule has 15 heavy (non-hydrogen) atoms. The molecule has 82 valence electrons. The molecule has 1 aromatic rings. The van der Waals surface area contributed by atoms with Crippen molar-refractivity contribution in [3.63, 3.8) is 0 Å². The second-order valence-corrected chi connectivity index (χ2v) is 4.73. The molecule has 1 aliphatic rings. The van der Waals surface area contributed by atoms with Crippen molar-refractivity contribution >= 4 is 0 Å². The molecule has 2 rings (SSSR count). The molecular weight excluding hydrogens is 182 g/mol. The Labute approximate surface area is 92.9 Å². The molecule has 0 spiro atoms. The lowest BCUT2D eigenvalue weighted by Crippen LogP contribution is -2.36. The number of benzene rings is 1. The molecule has 0 amide bonds. The van der Waals surface area contributed by atoms with E-state index in [-0.39, 0.29) is 0 Å². The zero-order valence-electron chi connectivity index (χ0n) is 9.58. The predicted molar refractivity (Wildman–Crippen MR) is 64.7 cm³/mol. The summed E-state index contributed by atoms with van der Waals surface area (Å²) in [5, 5.41) is 3.69. The molecule has 0 aromatic heterocycles. The van der Waals surface area contributed by atoms with Crippen molar-refractivity contribution in [1.82, 2.24) is 5.32 Å². The van der Waals surface area contributed by atoms with Crippen LogP contribution in [0, 0.1) is 5.92 Å². The zero-order valence-corrected chi connectivity index (χ0v) is 9.58. The van der Waals surface area contributed by atoms with E-state index in [9.17, 15) is 0 Å². The molecule has 0 bridgehead atoms. The minimum absolute atomic E-state index is 0.735. The van der Waals surface area contributed by atoms with Crippen LogP contribution in [-0.4, -0.2) is 6.04 Å². The van der Waals surface area contributed by atoms with E-state index in [2.05, 4.69) is 42.6 Å². The van der Waals surface area contributed by atoms with Gasteiger partial charge >= 0.3 is 0 Å². The van der Waals surface area contributed by atoms with Gasteiger partial charge in [-0.3, -0.25) is 0 Å². The predicted octanol–water partition coefficient (Wildman–Crippen LogP) is 3.35. The van der Waals surface area contributed by atoms with Gasteiger partial charge in [0.1, 0.15) is 0 Å². The Morgan fingerprint density at radius 3 is 2.60 bits per heavy atom. The third kappa shape index (κ3) is 3.07. The first-order chi connectivity index (χ1) is 7.36. The highest BCUT2D eigenvalue weighted by Gasteiger charge is 2.20. The van der Waals surface area contributed by atoms with Crippen LogP contribution in [-0.2, 0) is 6.54 Å². The quantitative estimate of drug-likeness (QED) is 0.794. The molecule has 2 atom stereocenters. The van der Waals surface area contributed by atoms with Gasteiger partial charge in [-0.25, -0.2) is 0 Å². The van der Waals surface area contributed by atoms with Crippen molar-refractivity contribution in [2.45, 2.75) is 45.2 Å². The van der Waals surface area contributed by atoms with E-state index in [1.54, 1.807) is 0 Å². The van der Waals surface area contributed by atoms with Gasteiger partial charge in [-0.15, -0.1) is 0 Å². The van der Waals surface area contributed by atoms with Crippen LogP contribution in [0.5, 0.6) is 0 Å². The van der Waals surface area contributed by atoms with E-state index < -0.39 is 0 Å². The Balaban J connectivity index is 1.82. The summed E-state index contributed by atoms with van der Waals surface area (Å²) in [6.07, 6.45) is 5.57. The topological polar surface area (TPSA) is 12.0 Å². The maximum absolute atomic E-state index is 3.69. The molecule has 0 saturated heterocycles. The zero-order chi connectivity index (χ0) is 10.5. The molecule has 1 saturated carbocycles. The van der Waals surface area contributed by atoms with Crippen molar-refractivity contribution in [2.24, 2.45) is 5.92 Å². The van der Waals surface area contributed by atoms with Crippen molar-refractivity contribution in [2.75, 3.05) is 0 Å². The smallest absolute Gasteiger partial charge is 0.0208 e. The average Bonchev–Trinajstić information content (AvgIpc) is 2.29. The summed E-state index contributed by atoms with van der Waals surface area (Å²) < 4.78 is 0. The largest absolute Gasteiger partial charge is 0.310 e. The Hall–Kier alpha value is -0.820. The molecule has 0 heterocycles. The normalized spacial score (nSPS) is 26.5. The van der Waals surface area contributed by atoms with Gasteiger partial charge in [-0.2, -0.15) is 0 Å². The van der Waals surface area contributed by atoms with Gasteiger partial charge in [0, 0.05) is 12.6 Å². The van der Waals surface area contributed by atoms with Crippen molar-refractivity contribution < 1.29 is 0 Å². The first kappa shape index (κ1) is 10.7. The Morgan fingerprint density at radius 2 is 1.87 bits per heavy atom. The van der Waals surface area contributed by atoms with E-state index in [4.69, 9.17) is 0 Å². The number of rotatable bonds is 3. The van der Waals surface area contributed by atoms with Crippen LogP contribution >= 0.6 is 0 Å². The Kier molecular flexibility index (Phi) is 3.79. The van der Waals surface area contributed by atoms with Crippen molar-refractivity contribution in [3.8, 4) is 0 Å². The van der Waals surface area contributed by atoms with Crippen molar-refractivity contribution in [3.05, 3.63) is 35.9 Å². The summed E-state index contributed by atoms with van der Waals surface area (Å²) in [5.41, 5.74) is 1.40. The minimum Gasteiger partial charge on any atom is -0.310 e. The molecule has 1 aliphatic carbocycles. The second kappa shape index (κ2) is 5.32. The average molecular weight is 203 g/mol. The summed E-state index contributed by atoms with van der Waals surface area (Å²) in [6, 6.07) is 11.4. The maximum Gasteiger partial charge on any atom is 0.0208 e. The van der Waals surface area contributed by atoms with Crippen LogP contribution in [0.1, 0.15) is 38.2 Å². The van der Waals surface area contributed by atoms with E-state index in [0.29, 0.717) is 0 Å². The van der Waals surface area contributed by atoms with Crippen LogP contribution in [0.3, 0.4) is 0 Å². The molecule has 1 fully saturated rings. The van der Waals surface area contributed by atoms with Gasteiger partial charge in [0.05, 0.1) is 0 Å². The summed E-state index contributed by atoms with van der Waals surface area (Å²) in [6.45, 7) is 3.40. The van der Waals surface area contributed by atoms with Gasteiger partial charge in [0.25, 0.3) is 0 Å². The summed E-state index contributed by atoms with van der Waals surface area (Å²) in [5.74, 6) is 0.850. The molecule has 1 aromatic carbocycles. The van der Waals surface area contributed by atoms with Crippen LogP contribution in [0.4, 0.5) is 0 Å². The lowest BCUT2D eigenvalue weighted by atomic mass is 9.86. The fourth-order valence-corrected chi connectivity index (χ4v) is 2.46. The molecule has 1 heteroatoms. The highest BCUT2D eigenvalue weighted by Crippen LogP contribution is 2.23. The number of hydrogen-bond acceptors (Lipinski definition) is 1. The third-order valence-electron chi connectivity index (χ3n) is 3.52. The summed E-state index contributed by atoms with van der Waals surface area (Å²) in [7, 11) is 0. The summed E-state index contributed by atoms with van der Waals surface area (Å²) >= 11 is 0. The van der Waals surface area contributed by atoms with E-state index in [1.165, 1.54) is 31.2 Å². The standard InChI is InChI=1S/C14H21N/c1-12-7-5-6-10-14(12)15-11-13-8-3-2-4-9-13/h2-4,8-9,12,14-15H,5-7,10-11H2,1H3/t12-,14-/m0/s1. The van der Waals surface area contributed by atoms with E-state index >= 15 is 0 Å². The first-order valence-electron chi connectivity index (χ1n) is 6.13. The fraction of sp³-hybridized carbons (Fsp3) is 0.571. The van der Waals surface area contributed by atoms with Gasteiger partial charge in [-0.05, 0) is 24.3 Å². The first-order valence-corrected chi connectivity index (χ1v) is 6.13. The van der Waals surface area contributed by atoms with Crippen LogP contribution in [0.25, 0.3) is 0 Å². The van der Waals surface area contributed by atoms with Crippen molar-refractivity contribution in [1.29, 1.82) is 0 Å². The SMILES string of the molecule is C[C@H]1CCCC[C@@H]1NCc1ccccc1. The monoisotopic (exact) mass is 203 g/mol. The lowest BCUT2D eigenvalue weighted by molar-refractivity contribution is 0.279. The Bertz CT molecular complexity index is 281. The van der Waals surface area contributed by atoms with Gasteiger partial charge in [-0.1, -0.05) is 50.1 Å². The van der Waals surface area contributed by atoms with E-state index in [0.717, 1.165) is 18.5 Å².